The molecule has 2 aromatic carbocycles. The Morgan fingerprint density at radius 3 is 2.70 bits per heavy atom. The lowest BCUT2D eigenvalue weighted by Gasteiger charge is -2.11. The van der Waals surface area contributed by atoms with Gasteiger partial charge in [0, 0.05) is 23.5 Å². The van der Waals surface area contributed by atoms with Gasteiger partial charge < -0.3 is 15.4 Å². The fraction of sp³-hybridized carbons (Fsp3) is 0.143. The smallest absolute Gasteiger partial charge is 0.274 e. The lowest BCUT2D eigenvalue weighted by Crippen LogP contribution is -2.15. The van der Waals surface area contributed by atoms with E-state index in [9.17, 15) is 4.79 Å². The molecule has 1 heterocycles. The maximum absolute atomic E-state index is 12.5. The lowest BCUT2D eigenvalue weighted by atomic mass is 10.1. The van der Waals surface area contributed by atoms with Gasteiger partial charge in [-0.1, -0.05) is 41.9 Å². The van der Waals surface area contributed by atoms with Crippen LogP contribution in [0.5, 0.6) is 5.75 Å². The summed E-state index contributed by atoms with van der Waals surface area (Å²) in [5.74, 6) is 0.201. The van der Waals surface area contributed by atoms with Gasteiger partial charge in [-0.15, -0.1) is 0 Å². The second kappa shape index (κ2) is 9.05. The first kappa shape index (κ1) is 18.7. The van der Waals surface area contributed by atoms with Crippen molar-refractivity contribution in [2.45, 2.75) is 6.42 Å². The van der Waals surface area contributed by atoms with Crippen molar-refractivity contribution in [3.8, 4) is 5.75 Å². The largest absolute Gasteiger partial charge is 0.495 e. The fourth-order valence-corrected chi connectivity index (χ4v) is 2.80. The minimum atomic E-state index is -0.331. The molecule has 27 heavy (non-hydrogen) atoms. The van der Waals surface area contributed by atoms with Gasteiger partial charge in [0.2, 0.25) is 0 Å². The average molecular weight is 382 g/mol. The summed E-state index contributed by atoms with van der Waals surface area (Å²) in [6.45, 7) is 0.761. The number of halogens is 1. The Morgan fingerprint density at radius 1 is 1.11 bits per heavy atom. The van der Waals surface area contributed by atoms with Gasteiger partial charge in [-0.25, -0.2) is 0 Å². The molecule has 2 N–H and O–H groups in total. The van der Waals surface area contributed by atoms with Crippen LogP contribution in [0, 0.1) is 0 Å². The minimum absolute atomic E-state index is 0.307. The number of aromatic nitrogens is 1. The molecule has 0 atom stereocenters. The molecule has 0 aliphatic heterocycles. The molecule has 0 spiro atoms. The number of pyridine rings is 1. The van der Waals surface area contributed by atoms with Crippen molar-refractivity contribution in [2.75, 3.05) is 24.3 Å². The number of nitrogens with zero attached hydrogens (tertiary/aromatic N) is 1. The Balaban J connectivity index is 1.64. The first-order valence-electron chi connectivity index (χ1n) is 8.54. The standard InChI is InChI=1S/C21H20ClN3O2/c1-27-20-8-7-16(22)13-18(20)25-21(26)19-14-17(10-12-24-19)23-11-9-15-5-3-2-4-6-15/h2-8,10,12-14H,9,11H2,1H3,(H,23,24)(H,25,26). The molecule has 0 bridgehead atoms. The van der Waals surface area contributed by atoms with Crippen molar-refractivity contribution in [1.82, 2.24) is 4.98 Å². The summed E-state index contributed by atoms with van der Waals surface area (Å²) < 4.78 is 5.25. The number of benzene rings is 2. The second-order valence-corrected chi connectivity index (χ2v) is 6.33. The summed E-state index contributed by atoms with van der Waals surface area (Å²) in [7, 11) is 1.54. The van der Waals surface area contributed by atoms with E-state index >= 15 is 0 Å². The molecule has 1 aromatic heterocycles. The van der Waals surface area contributed by atoms with Crippen LogP contribution in [-0.4, -0.2) is 24.5 Å². The lowest BCUT2D eigenvalue weighted by molar-refractivity contribution is 0.102. The van der Waals surface area contributed by atoms with Crippen molar-refractivity contribution < 1.29 is 9.53 Å². The third kappa shape index (κ3) is 5.21. The number of rotatable bonds is 7. The van der Waals surface area contributed by atoms with Crippen molar-refractivity contribution in [1.29, 1.82) is 0 Å². The van der Waals surface area contributed by atoms with Crippen molar-refractivity contribution in [3.05, 3.63) is 83.1 Å². The van der Waals surface area contributed by atoms with Crippen LogP contribution >= 0.6 is 11.6 Å². The molecule has 5 nitrogen and oxygen atoms in total. The molecule has 6 heteroatoms. The van der Waals surface area contributed by atoms with Crippen LogP contribution in [-0.2, 0) is 6.42 Å². The van der Waals surface area contributed by atoms with Crippen LogP contribution in [0.1, 0.15) is 16.1 Å². The minimum Gasteiger partial charge on any atom is -0.495 e. The molecule has 0 saturated carbocycles. The predicted molar refractivity (Wildman–Crippen MR) is 109 cm³/mol. The van der Waals surface area contributed by atoms with Crippen LogP contribution in [0.4, 0.5) is 11.4 Å². The van der Waals surface area contributed by atoms with E-state index in [2.05, 4.69) is 27.8 Å². The Kier molecular flexibility index (Phi) is 6.28. The molecule has 0 aliphatic rings. The molecule has 3 aromatic rings. The Bertz CT molecular complexity index is 916. The van der Waals surface area contributed by atoms with Gasteiger partial charge in [0.05, 0.1) is 12.8 Å². The van der Waals surface area contributed by atoms with E-state index in [0.29, 0.717) is 22.2 Å². The van der Waals surface area contributed by atoms with Crippen LogP contribution in [0.25, 0.3) is 0 Å². The molecular weight excluding hydrogens is 362 g/mol. The third-order valence-corrected chi connectivity index (χ3v) is 4.22. The number of carbonyl (C=O) groups is 1. The average Bonchev–Trinajstić information content (AvgIpc) is 2.69. The summed E-state index contributed by atoms with van der Waals surface area (Å²) in [4.78, 5) is 16.7. The fourth-order valence-electron chi connectivity index (χ4n) is 2.62. The van der Waals surface area contributed by atoms with E-state index in [1.807, 2.05) is 24.3 Å². The molecule has 0 saturated heterocycles. The number of ether oxygens (including phenoxy) is 1. The maximum atomic E-state index is 12.5. The van der Waals surface area contributed by atoms with Crippen molar-refractivity contribution in [2.24, 2.45) is 0 Å². The van der Waals surface area contributed by atoms with Gasteiger partial charge in [-0.05, 0) is 42.3 Å². The monoisotopic (exact) mass is 381 g/mol. The number of nitrogens with one attached hydrogen (secondary N) is 2. The summed E-state index contributed by atoms with van der Waals surface area (Å²) in [6, 6.07) is 18.8. The van der Waals surface area contributed by atoms with E-state index in [-0.39, 0.29) is 5.91 Å². The van der Waals surface area contributed by atoms with Crippen LogP contribution < -0.4 is 15.4 Å². The maximum Gasteiger partial charge on any atom is 0.274 e. The van der Waals surface area contributed by atoms with Crippen LogP contribution in [0.15, 0.2) is 66.9 Å². The zero-order valence-electron chi connectivity index (χ0n) is 14.9. The van der Waals surface area contributed by atoms with E-state index in [1.54, 1.807) is 30.5 Å². The van der Waals surface area contributed by atoms with E-state index in [4.69, 9.17) is 16.3 Å². The van der Waals surface area contributed by atoms with Crippen molar-refractivity contribution in [3.63, 3.8) is 0 Å². The van der Waals surface area contributed by atoms with Gasteiger partial charge in [0.1, 0.15) is 11.4 Å². The number of carbonyl (C=O) groups excluding carboxylic acids is 1. The molecule has 0 aliphatic carbocycles. The highest BCUT2D eigenvalue weighted by atomic mass is 35.5. The van der Waals surface area contributed by atoms with E-state index < -0.39 is 0 Å². The molecule has 0 fully saturated rings. The third-order valence-electron chi connectivity index (χ3n) is 3.99. The number of methoxy groups -OCH3 is 1. The summed E-state index contributed by atoms with van der Waals surface area (Å²) in [5, 5.41) is 6.62. The zero-order valence-corrected chi connectivity index (χ0v) is 15.7. The van der Waals surface area contributed by atoms with E-state index in [0.717, 1.165) is 18.7 Å². The first-order valence-corrected chi connectivity index (χ1v) is 8.92. The second-order valence-electron chi connectivity index (χ2n) is 5.89. The normalized spacial score (nSPS) is 10.3. The van der Waals surface area contributed by atoms with E-state index in [1.165, 1.54) is 12.7 Å². The first-order chi connectivity index (χ1) is 13.2. The molecule has 0 unspecified atom stereocenters. The number of amides is 1. The number of hydrogen-bond acceptors (Lipinski definition) is 4. The number of anilines is 2. The highest BCUT2D eigenvalue weighted by Crippen LogP contribution is 2.28. The topological polar surface area (TPSA) is 63.2 Å². The predicted octanol–water partition coefficient (Wildman–Crippen LogP) is 4.65. The molecule has 0 radical (unpaired) electrons. The van der Waals surface area contributed by atoms with Crippen LogP contribution in [0.3, 0.4) is 0 Å². The van der Waals surface area contributed by atoms with Gasteiger partial charge in [-0.3, -0.25) is 9.78 Å². The van der Waals surface area contributed by atoms with Gasteiger partial charge in [-0.2, -0.15) is 0 Å². The Morgan fingerprint density at radius 2 is 1.93 bits per heavy atom. The number of hydrogen-bond donors (Lipinski definition) is 2. The summed E-state index contributed by atoms with van der Waals surface area (Å²) in [5.41, 5.74) is 2.90. The highest BCUT2D eigenvalue weighted by Gasteiger charge is 2.12. The quantitative estimate of drug-likeness (QED) is 0.625. The molecule has 3 rings (SSSR count). The Labute approximate surface area is 163 Å². The van der Waals surface area contributed by atoms with Crippen molar-refractivity contribution >= 4 is 28.9 Å². The molecule has 1 amide bonds. The summed E-state index contributed by atoms with van der Waals surface area (Å²) >= 11 is 6.00. The SMILES string of the molecule is COc1ccc(Cl)cc1NC(=O)c1cc(NCCc2ccccc2)ccn1. The molecular formula is C21H20ClN3O2. The Hall–Kier alpha value is -3.05. The van der Waals surface area contributed by atoms with Gasteiger partial charge in [0.25, 0.3) is 5.91 Å². The highest BCUT2D eigenvalue weighted by molar-refractivity contribution is 6.31. The van der Waals surface area contributed by atoms with Gasteiger partial charge >= 0.3 is 0 Å². The van der Waals surface area contributed by atoms with Crippen LogP contribution in [0.2, 0.25) is 5.02 Å². The zero-order chi connectivity index (χ0) is 19.1. The summed E-state index contributed by atoms with van der Waals surface area (Å²) in [6.07, 6.45) is 2.50. The molecule has 138 valence electrons. The van der Waals surface area contributed by atoms with Gasteiger partial charge in [0.15, 0.2) is 0 Å².